The number of fused-ring (bicyclic) bond motifs is 3. The Morgan fingerprint density at radius 1 is 1.15 bits per heavy atom. The molecule has 0 aliphatic carbocycles. The smallest absolute Gasteiger partial charge is 0.328 e. The number of aliphatic carboxylic acids is 2. The van der Waals surface area contributed by atoms with E-state index in [1.807, 2.05) is 18.4 Å². The number of benzene rings is 1. The first-order valence-corrected chi connectivity index (χ1v) is 8.49. The third-order valence-corrected chi connectivity index (χ3v) is 4.94. The molecule has 4 rings (SSSR count). The Morgan fingerprint density at radius 3 is 2.50 bits per heavy atom. The Kier molecular flexibility index (Phi) is 5.23. The number of carboxylic acid groups (broad SMARTS) is 2. The van der Waals surface area contributed by atoms with Crippen molar-refractivity contribution in [2.45, 2.75) is 31.3 Å². The molecule has 26 heavy (non-hydrogen) atoms. The highest BCUT2D eigenvalue weighted by Gasteiger charge is 2.34. The van der Waals surface area contributed by atoms with E-state index < -0.39 is 11.9 Å². The van der Waals surface area contributed by atoms with Crippen molar-refractivity contribution in [2.24, 2.45) is 0 Å². The number of carboxylic acids is 2. The van der Waals surface area contributed by atoms with Gasteiger partial charge in [0.1, 0.15) is 5.58 Å². The summed E-state index contributed by atoms with van der Waals surface area (Å²) in [5.74, 6) is -2.51. The number of para-hydroxylation sites is 1. The minimum atomic E-state index is -1.26. The molecule has 2 N–H and O–H groups in total. The monoisotopic (exact) mass is 355 g/mol. The van der Waals surface area contributed by atoms with Crippen molar-refractivity contribution in [2.75, 3.05) is 7.05 Å². The molecule has 6 nitrogen and oxygen atoms in total. The second-order valence-corrected chi connectivity index (χ2v) is 6.52. The summed E-state index contributed by atoms with van der Waals surface area (Å²) in [5, 5.41) is 16.9. The highest BCUT2D eigenvalue weighted by Crippen LogP contribution is 2.39. The molecule has 2 aliphatic rings. The lowest BCUT2D eigenvalue weighted by atomic mass is 9.95. The lowest BCUT2D eigenvalue weighted by Gasteiger charge is -2.30. The fourth-order valence-corrected chi connectivity index (χ4v) is 3.61. The van der Waals surface area contributed by atoms with Crippen LogP contribution >= 0.6 is 0 Å². The van der Waals surface area contributed by atoms with Crippen molar-refractivity contribution in [3.8, 4) is 0 Å². The van der Waals surface area contributed by atoms with Gasteiger partial charge >= 0.3 is 11.9 Å². The fraction of sp³-hybridized carbons (Fsp3) is 0.300. The first kappa shape index (κ1) is 17.9. The zero-order chi connectivity index (χ0) is 18.7. The average Bonchev–Trinajstić information content (AvgIpc) is 3.10. The molecule has 2 unspecified atom stereocenters. The second kappa shape index (κ2) is 7.58. The van der Waals surface area contributed by atoms with Gasteiger partial charge in [-0.3, -0.25) is 4.90 Å². The van der Waals surface area contributed by atoms with Gasteiger partial charge in [0.25, 0.3) is 0 Å². The highest BCUT2D eigenvalue weighted by atomic mass is 16.4. The predicted octanol–water partition coefficient (Wildman–Crippen LogP) is 3.39. The predicted molar refractivity (Wildman–Crippen MR) is 97.8 cm³/mol. The molecule has 6 heteroatoms. The first-order chi connectivity index (χ1) is 12.5. The minimum absolute atomic E-state index is 0.558. The Balaban J connectivity index is 0.000000211. The number of nitrogens with zero attached hydrogens (tertiary/aromatic N) is 1. The molecule has 1 saturated heterocycles. The highest BCUT2D eigenvalue weighted by molar-refractivity contribution is 5.91. The molecule has 1 aromatic carbocycles. The maximum Gasteiger partial charge on any atom is 0.328 e. The fourth-order valence-electron chi connectivity index (χ4n) is 3.61. The van der Waals surface area contributed by atoms with Crippen LogP contribution in [0.25, 0.3) is 16.5 Å². The number of furan rings is 1. The van der Waals surface area contributed by atoms with Gasteiger partial charge in [-0.25, -0.2) is 9.59 Å². The maximum atomic E-state index is 9.55. The number of carbonyl (C=O) groups is 2. The summed E-state index contributed by atoms with van der Waals surface area (Å²) in [6.45, 7) is 0. The quantitative estimate of drug-likeness (QED) is 0.820. The third kappa shape index (κ3) is 3.86. The van der Waals surface area contributed by atoms with Gasteiger partial charge in [-0.15, -0.1) is 0 Å². The Hall–Kier alpha value is -2.86. The van der Waals surface area contributed by atoms with Gasteiger partial charge in [0, 0.05) is 35.2 Å². The largest absolute Gasteiger partial charge is 0.478 e. The summed E-state index contributed by atoms with van der Waals surface area (Å²) < 4.78 is 5.67. The van der Waals surface area contributed by atoms with Gasteiger partial charge in [0.15, 0.2) is 0 Å². The number of hydrogen-bond donors (Lipinski definition) is 2. The molecule has 2 bridgehead atoms. The van der Waals surface area contributed by atoms with Gasteiger partial charge in [-0.2, -0.15) is 0 Å². The summed E-state index contributed by atoms with van der Waals surface area (Å²) in [4.78, 5) is 21.6. The Labute approximate surface area is 151 Å². The standard InChI is InChI=1S/C16H17NO.C4H4O4/c1-17-12-6-7-13(17)9-11(8-12)15-10-18-16-5-3-2-4-14(15)16;5-3(6)1-2-4(7)8/h2-5,8,10,12-13H,6-7,9H2,1H3;1-2H,(H,5,6)(H,7,8)/b;2-1+. The second-order valence-electron chi connectivity index (χ2n) is 6.52. The topological polar surface area (TPSA) is 91.0 Å². The molecule has 2 atom stereocenters. The maximum absolute atomic E-state index is 9.55. The van der Waals surface area contributed by atoms with Gasteiger partial charge in [-0.05, 0) is 37.9 Å². The first-order valence-electron chi connectivity index (χ1n) is 8.49. The van der Waals surface area contributed by atoms with Crippen LogP contribution in [0.4, 0.5) is 0 Å². The molecular formula is C20H21NO5. The molecule has 0 amide bonds. The van der Waals surface area contributed by atoms with E-state index in [2.05, 4.69) is 30.2 Å². The van der Waals surface area contributed by atoms with Crippen LogP contribution in [0, 0.1) is 0 Å². The van der Waals surface area contributed by atoms with E-state index in [0.717, 1.165) is 18.0 Å². The van der Waals surface area contributed by atoms with E-state index >= 15 is 0 Å². The number of hydrogen-bond acceptors (Lipinski definition) is 4. The van der Waals surface area contributed by atoms with E-state index in [1.165, 1.54) is 29.4 Å². The summed E-state index contributed by atoms with van der Waals surface area (Å²) in [7, 11) is 2.25. The van der Waals surface area contributed by atoms with Crippen molar-refractivity contribution in [1.29, 1.82) is 0 Å². The van der Waals surface area contributed by atoms with Crippen LogP contribution in [-0.2, 0) is 9.59 Å². The summed E-state index contributed by atoms with van der Waals surface area (Å²) in [6, 6.07) is 9.68. The molecule has 0 spiro atoms. The van der Waals surface area contributed by atoms with Crippen LogP contribution in [0.3, 0.4) is 0 Å². The van der Waals surface area contributed by atoms with Crippen LogP contribution in [-0.4, -0.2) is 46.2 Å². The van der Waals surface area contributed by atoms with Crippen molar-refractivity contribution in [1.82, 2.24) is 4.90 Å². The molecule has 0 radical (unpaired) electrons. The number of likely N-dealkylation sites (N-methyl/N-ethyl adjacent to an activating group) is 1. The van der Waals surface area contributed by atoms with Crippen molar-refractivity contribution in [3.05, 3.63) is 54.3 Å². The lowest BCUT2D eigenvalue weighted by molar-refractivity contribution is -0.134. The van der Waals surface area contributed by atoms with E-state index in [1.54, 1.807) is 0 Å². The van der Waals surface area contributed by atoms with Crippen LogP contribution < -0.4 is 0 Å². The average molecular weight is 355 g/mol. The zero-order valence-corrected chi connectivity index (χ0v) is 14.5. The van der Waals surface area contributed by atoms with Gasteiger partial charge in [0.2, 0.25) is 0 Å². The molecular weight excluding hydrogens is 334 g/mol. The number of rotatable bonds is 3. The summed E-state index contributed by atoms with van der Waals surface area (Å²) in [5.41, 5.74) is 3.78. The third-order valence-electron chi connectivity index (χ3n) is 4.94. The SMILES string of the molecule is CN1C2C=C(c3coc4ccccc34)CC1CC2.O=C(O)/C=C/C(=O)O. The molecule has 0 saturated carbocycles. The summed E-state index contributed by atoms with van der Waals surface area (Å²) in [6.07, 6.45) is 9.29. The van der Waals surface area contributed by atoms with Crippen molar-refractivity contribution < 1.29 is 24.2 Å². The van der Waals surface area contributed by atoms with Gasteiger partial charge < -0.3 is 14.6 Å². The van der Waals surface area contributed by atoms with Crippen LogP contribution in [0.5, 0.6) is 0 Å². The minimum Gasteiger partial charge on any atom is -0.478 e. The van der Waals surface area contributed by atoms with Crippen LogP contribution in [0.2, 0.25) is 0 Å². The Morgan fingerprint density at radius 2 is 1.85 bits per heavy atom. The molecule has 136 valence electrons. The Bertz CT molecular complexity index is 863. The van der Waals surface area contributed by atoms with E-state index in [-0.39, 0.29) is 0 Å². The normalized spacial score (nSPS) is 22.1. The lowest BCUT2D eigenvalue weighted by Crippen LogP contribution is -2.34. The van der Waals surface area contributed by atoms with Crippen molar-refractivity contribution >= 4 is 28.5 Å². The van der Waals surface area contributed by atoms with Crippen LogP contribution in [0.1, 0.15) is 24.8 Å². The molecule has 1 fully saturated rings. The zero-order valence-electron chi connectivity index (χ0n) is 14.5. The molecule has 2 aromatic rings. The van der Waals surface area contributed by atoms with Gasteiger partial charge in [0.05, 0.1) is 6.26 Å². The molecule has 3 heterocycles. The van der Waals surface area contributed by atoms with E-state index in [4.69, 9.17) is 14.6 Å². The van der Waals surface area contributed by atoms with Gasteiger partial charge in [-0.1, -0.05) is 24.3 Å². The summed E-state index contributed by atoms with van der Waals surface area (Å²) >= 11 is 0. The molecule has 1 aromatic heterocycles. The van der Waals surface area contributed by atoms with Crippen molar-refractivity contribution in [3.63, 3.8) is 0 Å². The van der Waals surface area contributed by atoms with Crippen LogP contribution in [0.15, 0.2) is 53.2 Å². The van der Waals surface area contributed by atoms with E-state index in [0.29, 0.717) is 18.2 Å². The molecule has 2 aliphatic heterocycles. The van der Waals surface area contributed by atoms with E-state index in [9.17, 15) is 9.59 Å².